The SMILES string of the molecule is Cc1cccc(CN2CCN(C3CCN(Cc4ccco4)CC3)CC2CCO)n1. The first-order valence-corrected chi connectivity index (χ1v) is 11.0. The summed E-state index contributed by atoms with van der Waals surface area (Å²) in [7, 11) is 0. The van der Waals surface area contributed by atoms with Crippen molar-refractivity contribution >= 4 is 0 Å². The number of piperazine rings is 1. The summed E-state index contributed by atoms with van der Waals surface area (Å²) in [6.45, 7) is 9.56. The third kappa shape index (κ3) is 5.45. The van der Waals surface area contributed by atoms with E-state index in [1.165, 1.54) is 12.8 Å². The van der Waals surface area contributed by atoms with Gasteiger partial charge in [0.1, 0.15) is 5.76 Å². The maximum Gasteiger partial charge on any atom is 0.117 e. The molecule has 2 fully saturated rings. The van der Waals surface area contributed by atoms with Gasteiger partial charge in [0.25, 0.3) is 0 Å². The van der Waals surface area contributed by atoms with Gasteiger partial charge in [0.2, 0.25) is 0 Å². The normalized spacial score (nSPS) is 22.9. The van der Waals surface area contributed by atoms with E-state index >= 15 is 0 Å². The molecule has 0 spiro atoms. The van der Waals surface area contributed by atoms with Gasteiger partial charge < -0.3 is 9.52 Å². The summed E-state index contributed by atoms with van der Waals surface area (Å²) < 4.78 is 5.50. The molecule has 4 rings (SSSR count). The highest BCUT2D eigenvalue weighted by molar-refractivity contribution is 5.10. The predicted molar refractivity (Wildman–Crippen MR) is 113 cm³/mol. The van der Waals surface area contributed by atoms with Crippen molar-refractivity contribution < 1.29 is 9.52 Å². The maximum atomic E-state index is 9.62. The van der Waals surface area contributed by atoms with E-state index < -0.39 is 0 Å². The first-order valence-electron chi connectivity index (χ1n) is 11.0. The molecular weight excluding hydrogens is 364 g/mol. The summed E-state index contributed by atoms with van der Waals surface area (Å²) in [5.41, 5.74) is 2.20. The van der Waals surface area contributed by atoms with Crippen molar-refractivity contribution in [1.82, 2.24) is 19.7 Å². The van der Waals surface area contributed by atoms with Gasteiger partial charge in [-0.1, -0.05) is 6.07 Å². The number of aliphatic hydroxyl groups excluding tert-OH is 1. The van der Waals surface area contributed by atoms with E-state index in [9.17, 15) is 5.11 Å². The summed E-state index contributed by atoms with van der Waals surface area (Å²) in [4.78, 5) is 12.4. The van der Waals surface area contributed by atoms with Crippen molar-refractivity contribution in [3.05, 3.63) is 53.7 Å². The number of aromatic nitrogens is 1. The summed E-state index contributed by atoms with van der Waals surface area (Å²) in [6, 6.07) is 11.3. The Morgan fingerprint density at radius 2 is 1.93 bits per heavy atom. The van der Waals surface area contributed by atoms with Crippen molar-refractivity contribution in [2.24, 2.45) is 0 Å². The van der Waals surface area contributed by atoms with E-state index in [1.54, 1.807) is 6.26 Å². The van der Waals surface area contributed by atoms with E-state index in [0.717, 1.165) is 69.4 Å². The van der Waals surface area contributed by atoms with Crippen LogP contribution in [-0.2, 0) is 13.1 Å². The molecule has 6 nitrogen and oxygen atoms in total. The lowest BCUT2D eigenvalue weighted by Gasteiger charge is -2.46. The fourth-order valence-electron chi connectivity index (χ4n) is 4.84. The lowest BCUT2D eigenvalue weighted by Crippen LogP contribution is -2.57. The zero-order valence-corrected chi connectivity index (χ0v) is 17.5. The second-order valence-corrected chi connectivity index (χ2v) is 8.49. The van der Waals surface area contributed by atoms with Crippen LogP contribution in [0.2, 0.25) is 0 Å². The second-order valence-electron chi connectivity index (χ2n) is 8.49. The number of hydrogen-bond donors (Lipinski definition) is 1. The fourth-order valence-corrected chi connectivity index (χ4v) is 4.84. The zero-order valence-electron chi connectivity index (χ0n) is 17.5. The molecule has 2 aromatic rings. The van der Waals surface area contributed by atoms with Gasteiger partial charge in [0, 0.05) is 63.7 Å². The Labute approximate surface area is 174 Å². The minimum atomic E-state index is 0.248. The monoisotopic (exact) mass is 398 g/mol. The van der Waals surface area contributed by atoms with Gasteiger partial charge in [0.15, 0.2) is 0 Å². The molecular formula is C23H34N4O2. The van der Waals surface area contributed by atoms with Crippen LogP contribution in [0.5, 0.6) is 0 Å². The van der Waals surface area contributed by atoms with Gasteiger partial charge in [-0.25, -0.2) is 0 Å². The Bertz CT molecular complexity index is 743. The van der Waals surface area contributed by atoms with Crippen LogP contribution in [-0.4, -0.2) is 76.2 Å². The third-order valence-corrected chi connectivity index (χ3v) is 6.44. The number of likely N-dealkylation sites (tertiary alicyclic amines) is 1. The van der Waals surface area contributed by atoms with Gasteiger partial charge >= 0.3 is 0 Å². The molecule has 4 heterocycles. The molecule has 1 atom stereocenters. The van der Waals surface area contributed by atoms with Crippen LogP contribution in [0.4, 0.5) is 0 Å². The quantitative estimate of drug-likeness (QED) is 0.774. The minimum Gasteiger partial charge on any atom is -0.468 e. The Morgan fingerprint density at radius 1 is 1.07 bits per heavy atom. The van der Waals surface area contributed by atoms with Crippen LogP contribution in [0.15, 0.2) is 41.0 Å². The number of hydrogen-bond acceptors (Lipinski definition) is 6. The number of aryl methyl sites for hydroxylation is 1. The average Bonchev–Trinajstić information content (AvgIpc) is 3.23. The highest BCUT2D eigenvalue weighted by Gasteiger charge is 2.32. The predicted octanol–water partition coefficient (Wildman–Crippen LogP) is 2.52. The lowest BCUT2D eigenvalue weighted by molar-refractivity contribution is 0.0112. The summed E-state index contributed by atoms with van der Waals surface area (Å²) >= 11 is 0. The minimum absolute atomic E-state index is 0.248. The molecule has 0 aromatic carbocycles. The molecule has 2 aliphatic heterocycles. The number of rotatable bonds is 7. The molecule has 1 N–H and O–H groups in total. The first-order chi connectivity index (χ1) is 14.2. The molecule has 0 amide bonds. The average molecular weight is 399 g/mol. The lowest BCUT2D eigenvalue weighted by atomic mass is 9.99. The second kappa shape index (κ2) is 9.85. The van der Waals surface area contributed by atoms with Gasteiger partial charge in [-0.2, -0.15) is 0 Å². The summed E-state index contributed by atoms with van der Waals surface area (Å²) in [6.07, 6.45) is 5.02. The third-order valence-electron chi connectivity index (χ3n) is 6.44. The van der Waals surface area contributed by atoms with E-state index in [1.807, 2.05) is 19.1 Å². The number of nitrogens with zero attached hydrogens (tertiary/aromatic N) is 4. The smallest absolute Gasteiger partial charge is 0.117 e. The van der Waals surface area contributed by atoms with Crippen molar-refractivity contribution in [1.29, 1.82) is 0 Å². The zero-order chi connectivity index (χ0) is 20.1. The topological polar surface area (TPSA) is 56.0 Å². The Kier molecular flexibility index (Phi) is 6.98. The summed E-state index contributed by atoms with van der Waals surface area (Å²) in [5.74, 6) is 1.06. The number of pyridine rings is 1. The van der Waals surface area contributed by atoms with Crippen LogP contribution in [0, 0.1) is 6.92 Å². The Morgan fingerprint density at radius 3 is 2.66 bits per heavy atom. The molecule has 158 valence electrons. The largest absolute Gasteiger partial charge is 0.468 e. The maximum absolute atomic E-state index is 9.62. The van der Waals surface area contributed by atoms with Gasteiger partial charge in [-0.05, 0) is 50.5 Å². The number of aliphatic hydroxyl groups is 1. The van der Waals surface area contributed by atoms with Crippen LogP contribution < -0.4 is 0 Å². The van der Waals surface area contributed by atoms with Crippen molar-refractivity contribution in [3.63, 3.8) is 0 Å². The molecule has 2 aliphatic rings. The van der Waals surface area contributed by atoms with E-state index in [4.69, 9.17) is 4.42 Å². The van der Waals surface area contributed by atoms with Crippen LogP contribution >= 0.6 is 0 Å². The Hall–Kier alpha value is -1.73. The van der Waals surface area contributed by atoms with Crippen molar-refractivity contribution in [2.75, 3.05) is 39.3 Å². The van der Waals surface area contributed by atoms with Crippen LogP contribution in [0.3, 0.4) is 0 Å². The molecule has 2 aromatic heterocycles. The Balaban J connectivity index is 1.30. The van der Waals surface area contributed by atoms with Crippen LogP contribution in [0.1, 0.15) is 36.4 Å². The molecule has 29 heavy (non-hydrogen) atoms. The number of piperidine rings is 1. The first kappa shape index (κ1) is 20.5. The molecule has 2 saturated heterocycles. The van der Waals surface area contributed by atoms with Gasteiger partial charge in [-0.15, -0.1) is 0 Å². The molecule has 0 bridgehead atoms. The van der Waals surface area contributed by atoms with Crippen molar-refractivity contribution in [3.8, 4) is 0 Å². The van der Waals surface area contributed by atoms with Crippen LogP contribution in [0.25, 0.3) is 0 Å². The van der Waals surface area contributed by atoms with Gasteiger partial charge in [0.05, 0.1) is 18.5 Å². The van der Waals surface area contributed by atoms with E-state index in [0.29, 0.717) is 12.1 Å². The summed E-state index contributed by atoms with van der Waals surface area (Å²) in [5, 5.41) is 9.62. The highest BCUT2D eigenvalue weighted by Crippen LogP contribution is 2.23. The molecule has 0 radical (unpaired) electrons. The molecule has 6 heteroatoms. The van der Waals surface area contributed by atoms with Crippen molar-refractivity contribution in [2.45, 2.75) is 51.4 Å². The molecule has 0 saturated carbocycles. The molecule has 0 aliphatic carbocycles. The van der Waals surface area contributed by atoms with E-state index in [-0.39, 0.29) is 6.61 Å². The van der Waals surface area contributed by atoms with E-state index in [2.05, 4.69) is 37.9 Å². The standard InChI is InChI=1S/C23H34N4O2/c1-19-4-2-5-20(24-19)16-26-12-13-27(17-22(26)9-14-28)21-7-10-25(11-8-21)18-23-6-3-15-29-23/h2-6,15,21-22,28H,7-14,16-18H2,1H3. The van der Waals surface area contributed by atoms with Gasteiger partial charge in [-0.3, -0.25) is 19.7 Å². The number of furan rings is 1. The molecule has 1 unspecified atom stereocenters. The highest BCUT2D eigenvalue weighted by atomic mass is 16.3. The fraction of sp³-hybridized carbons (Fsp3) is 0.609.